The normalized spacial score (nSPS) is 13.1. The number of carbonyl (C=O) groups excluding carboxylic acids is 2. The maximum absolute atomic E-state index is 13.3. The first kappa shape index (κ1) is 56.5. The van der Waals surface area contributed by atoms with Gasteiger partial charge in [-0.25, -0.2) is 0 Å². The highest BCUT2D eigenvalue weighted by molar-refractivity contribution is 6.30. The summed E-state index contributed by atoms with van der Waals surface area (Å²) in [7, 11) is 1.61. The fourth-order valence-electron chi connectivity index (χ4n) is 6.45. The Balaban J connectivity index is 1.85. The van der Waals surface area contributed by atoms with Crippen LogP contribution in [0.15, 0.2) is 114 Å². The minimum absolute atomic E-state index is 0.0660. The lowest BCUT2D eigenvalue weighted by Crippen LogP contribution is -2.33. The van der Waals surface area contributed by atoms with Crippen LogP contribution >= 0.6 is 11.6 Å². The minimum atomic E-state index is -0.923. The molecule has 0 aliphatic rings. The topological polar surface area (TPSA) is 173 Å². The van der Waals surface area contributed by atoms with Gasteiger partial charge in [-0.1, -0.05) is 59.2 Å². The predicted octanol–water partition coefficient (Wildman–Crippen LogP) is 10.4. The number of carboxylic acids is 1. The number of carbonyl (C=O) groups is 3. The van der Waals surface area contributed by atoms with E-state index < -0.39 is 12.0 Å². The average Bonchev–Trinajstić information content (AvgIpc) is 3.25. The largest absolute Gasteiger partial charge is 0.481 e. The molecule has 0 heterocycles. The van der Waals surface area contributed by atoms with Gasteiger partial charge in [-0.15, -0.1) is 0 Å². The maximum Gasteiger partial charge on any atom is 0.307 e. The molecular formula is C52H71ClN6O7. The first-order chi connectivity index (χ1) is 31.4. The fraction of sp³-hybridized carbons (Fsp3) is 0.442. The van der Waals surface area contributed by atoms with Crippen molar-refractivity contribution in [2.45, 2.75) is 101 Å². The van der Waals surface area contributed by atoms with Gasteiger partial charge in [0.05, 0.1) is 76.4 Å². The summed E-state index contributed by atoms with van der Waals surface area (Å²) >= 11 is 6.26. The number of halogens is 1. The Bertz CT molecular complexity index is 2240. The Morgan fingerprint density at radius 2 is 1.45 bits per heavy atom. The van der Waals surface area contributed by atoms with Gasteiger partial charge in [0, 0.05) is 47.4 Å². The number of ether oxygens (including phenoxy) is 3. The van der Waals surface area contributed by atoms with Gasteiger partial charge in [0.25, 0.3) is 0 Å². The zero-order chi connectivity index (χ0) is 49.2. The molecule has 1 atom stereocenters. The quantitative estimate of drug-likeness (QED) is 0.0346. The second-order valence-electron chi connectivity index (χ2n) is 16.3. The van der Waals surface area contributed by atoms with E-state index in [-0.39, 0.29) is 37.7 Å². The van der Waals surface area contributed by atoms with Crippen molar-refractivity contribution in [3.8, 4) is 0 Å². The number of hydrogen-bond donors (Lipinski definition) is 3. The van der Waals surface area contributed by atoms with Gasteiger partial charge in [0.1, 0.15) is 0 Å². The maximum atomic E-state index is 13.3. The molecule has 0 bridgehead atoms. The standard InChI is InChI=1S/C52H71ClN6O7/c1-13-14-42(29-37(8)43(33-54-12)31-50(62)63)46-20-19-45(30-38(46)9)56-48(60)21-23-64-25-27-66-28-26-65-24-22-55-49(61)32-47(40(11)59-58-36(6)7)57-52(41-15-17-44(53)18-16-41)51(35(4)5)39(10)34(2)3/h13-20,29-30,33,47H,21-28,31-32H2,1-12H3,(H,55,61)(H,56,60)(H,62,63)/b14-13-,42-29+,43-37+,54-33?,57-52?,59-40+/t47-/m0/s1. The highest BCUT2D eigenvalue weighted by atomic mass is 35.5. The second-order valence-corrected chi connectivity index (χ2v) is 16.7. The van der Waals surface area contributed by atoms with Crippen LogP contribution in [-0.2, 0) is 28.6 Å². The number of aliphatic carboxylic acids is 1. The van der Waals surface area contributed by atoms with Gasteiger partial charge >= 0.3 is 5.97 Å². The summed E-state index contributed by atoms with van der Waals surface area (Å²) in [6.45, 7) is 23.9. The molecule has 3 N–H and O–H groups in total. The third-order valence-corrected chi connectivity index (χ3v) is 10.2. The fourth-order valence-corrected chi connectivity index (χ4v) is 6.58. The van der Waals surface area contributed by atoms with Crippen LogP contribution in [0.25, 0.3) is 5.57 Å². The zero-order valence-electron chi connectivity index (χ0n) is 41.1. The minimum Gasteiger partial charge on any atom is -0.481 e. The summed E-state index contributed by atoms with van der Waals surface area (Å²) in [6.07, 6.45) is 7.53. The Morgan fingerprint density at radius 1 is 0.818 bits per heavy atom. The highest BCUT2D eigenvalue weighted by Gasteiger charge is 2.22. The highest BCUT2D eigenvalue weighted by Crippen LogP contribution is 2.28. The van der Waals surface area contributed by atoms with E-state index in [9.17, 15) is 19.5 Å². The predicted molar refractivity (Wildman–Crippen MR) is 273 cm³/mol. The Morgan fingerprint density at radius 3 is 2.02 bits per heavy atom. The van der Waals surface area contributed by atoms with Gasteiger partial charge < -0.3 is 30.0 Å². The van der Waals surface area contributed by atoms with Crippen LogP contribution in [0, 0.1) is 6.92 Å². The van der Waals surface area contributed by atoms with Gasteiger partial charge in [0.2, 0.25) is 11.8 Å². The monoisotopic (exact) mass is 927 g/mol. The molecule has 0 saturated carbocycles. The molecule has 2 aromatic carbocycles. The smallest absolute Gasteiger partial charge is 0.307 e. The molecule has 358 valence electrons. The number of aryl methyl sites for hydroxylation is 1. The molecule has 0 aliphatic heterocycles. The number of hydrogen-bond acceptors (Lipinski definition) is 10. The Hall–Kier alpha value is -5.60. The molecule has 14 heteroatoms. The summed E-state index contributed by atoms with van der Waals surface area (Å²) in [5.74, 6) is -1.29. The molecule has 66 heavy (non-hydrogen) atoms. The van der Waals surface area contributed by atoms with Crippen molar-refractivity contribution >= 4 is 64.0 Å². The van der Waals surface area contributed by atoms with Crippen molar-refractivity contribution in [3.05, 3.63) is 116 Å². The molecule has 2 aromatic rings. The lowest BCUT2D eigenvalue weighted by Gasteiger charge is -2.20. The molecule has 2 amide bonds. The first-order valence-electron chi connectivity index (χ1n) is 22.2. The molecule has 2 rings (SSSR count). The number of rotatable bonds is 27. The van der Waals surface area contributed by atoms with E-state index in [1.807, 2.05) is 102 Å². The van der Waals surface area contributed by atoms with Crippen LogP contribution in [0.2, 0.25) is 5.02 Å². The Labute approximate surface area is 397 Å². The number of allylic oxidation sites excluding steroid dienone is 9. The SMILES string of the molecule is C\C=C/C(=C\C(C)=C(\C=NC)CC(=O)O)c1ccc(NC(=O)CCOCCOCCOCCNC(=O)C[C@H](N=C(C(=C(C)C)C(C)=C(C)C)c2ccc(Cl)cc2)/C(C)=N/N=C(C)C)cc1C. The molecular weight excluding hydrogens is 856 g/mol. The van der Waals surface area contributed by atoms with Crippen LogP contribution < -0.4 is 10.6 Å². The van der Waals surface area contributed by atoms with Crippen LogP contribution in [0.4, 0.5) is 5.69 Å². The van der Waals surface area contributed by atoms with Crippen molar-refractivity contribution < 1.29 is 33.7 Å². The average molecular weight is 928 g/mol. The summed E-state index contributed by atoms with van der Waals surface area (Å²) in [5.41, 5.74) is 12.3. The Kier molecular flexibility index (Phi) is 26.2. The van der Waals surface area contributed by atoms with Crippen molar-refractivity contribution in [1.82, 2.24) is 5.32 Å². The van der Waals surface area contributed by atoms with Gasteiger partial charge in [-0.05, 0) is 134 Å². The molecule has 0 spiro atoms. The molecule has 0 saturated heterocycles. The van der Waals surface area contributed by atoms with Gasteiger partial charge in [-0.2, -0.15) is 10.2 Å². The summed E-state index contributed by atoms with van der Waals surface area (Å²) in [6, 6.07) is 12.7. The van der Waals surface area contributed by atoms with E-state index in [4.69, 9.17) is 30.8 Å². The van der Waals surface area contributed by atoms with Crippen LogP contribution in [0.3, 0.4) is 0 Å². The van der Waals surface area contributed by atoms with E-state index in [0.717, 1.165) is 61.6 Å². The molecule has 0 radical (unpaired) electrons. The van der Waals surface area contributed by atoms with Crippen LogP contribution in [0.1, 0.15) is 105 Å². The van der Waals surface area contributed by atoms with Gasteiger partial charge in [0.15, 0.2) is 0 Å². The van der Waals surface area contributed by atoms with Gasteiger partial charge in [-0.3, -0.25) is 24.4 Å². The summed E-state index contributed by atoms with van der Waals surface area (Å²) in [5, 5.41) is 24.5. The van der Waals surface area contributed by atoms with Crippen LogP contribution in [0.5, 0.6) is 0 Å². The number of anilines is 1. The second kappa shape index (κ2) is 30.6. The number of aliphatic imine (C=N–C) groups is 2. The van der Waals surface area contributed by atoms with Crippen molar-refractivity contribution in [3.63, 3.8) is 0 Å². The lowest BCUT2D eigenvalue weighted by atomic mass is 9.90. The third-order valence-electron chi connectivity index (χ3n) is 9.99. The molecule has 13 nitrogen and oxygen atoms in total. The number of nitrogens with zero attached hydrogens (tertiary/aromatic N) is 4. The number of nitrogens with one attached hydrogen (secondary N) is 2. The molecule has 0 fully saturated rings. The first-order valence-corrected chi connectivity index (χ1v) is 22.6. The molecule has 0 aromatic heterocycles. The summed E-state index contributed by atoms with van der Waals surface area (Å²) in [4.78, 5) is 46.6. The van der Waals surface area contributed by atoms with Crippen molar-refractivity contribution in [2.24, 2.45) is 20.2 Å². The van der Waals surface area contributed by atoms with E-state index in [1.54, 1.807) is 13.3 Å². The number of benzene rings is 2. The lowest BCUT2D eigenvalue weighted by molar-refractivity contribution is -0.136. The van der Waals surface area contributed by atoms with E-state index in [0.29, 0.717) is 61.6 Å². The van der Waals surface area contributed by atoms with Crippen LogP contribution in [-0.4, -0.2) is 106 Å². The number of amides is 2. The number of carboxylic acid groups (broad SMARTS) is 1. The van der Waals surface area contributed by atoms with E-state index in [1.165, 1.54) is 0 Å². The molecule has 0 aliphatic carbocycles. The van der Waals surface area contributed by atoms with Crippen molar-refractivity contribution in [2.75, 3.05) is 58.6 Å². The van der Waals surface area contributed by atoms with Crippen molar-refractivity contribution in [1.29, 1.82) is 0 Å². The van der Waals surface area contributed by atoms with E-state index in [2.05, 4.69) is 60.4 Å². The molecule has 0 unspecified atom stereocenters. The zero-order valence-corrected chi connectivity index (χ0v) is 41.8. The third kappa shape index (κ3) is 21.1. The summed E-state index contributed by atoms with van der Waals surface area (Å²) < 4.78 is 16.9. The van der Waals surface area contributed by atoms with E-state index >= 15 is 0 Å².